The van der Waals surface area contributed by atoms with Gasteiger partial charge in [-0.2, -0.15) is 5.26 Å². The minimum absolute atomic E-state index is 0.242. The van der Waals surface area contributed by atoms with E-state index in [2.05, 4.69) is 11.0 Å². The molecule has 0 aromatic heterocycles. The number of nitrogens with zero attached hydrogens (tertiary/aromatic N) is 3. The fourth-order valence-corrected chi connectivity index (χ4v) is 3.18. The molecule has 0 aliphatic carbocycles. The quantitative estimate of drug-likeness (QED) is 0.798. The summed E-state index contributed by atoms with van der Waals surface area (Å²) < 4.78 is 5.40. The van der Waals surface area contributed by atoms with Gasteiger partial charge >= 0.3 is 6.09 Å². The van der Waals surface area contributed by atoms with E-state index < -0.39 is 11.1 Å². The van der Waals surface area contributed by atoms with Crippen molar-refractivity contribution in [1.29, 1.82) is 5.26 Å². The van der Waals surface area contributed by atoms with Gasteiger partial charge in [-0.05, 0) is 46.5 Å². The first-order chi connectivity index (χ1) is 10.3. The predicted molar refractivity (Wildman–Crippen MR) is 82.2 cm³/mol. The lowest BCUT2D eigenvalue weighted by molar-refractivity contribution is -0.00819. The minimum Gasteiger partial charge on any atom is -0.444 e. The topological polar surface area (TPSA) is 76.8 Å². The van der Waals surface area contributed by atoms with Crippen LogP contribution < -0.4 is 0 Å². The number of aliphatic hydroxyl groups is 1. The van der Waals surface area contributed by atoms with Crippen molar-refractivity contribution in [2.24, 2.45) is 0 Å². The molecule has 1 amide bonds. The number of aliphatic hydroxyl groups excluding tert-OH is 1. The Morgan fingerprint density at radius 1 is 1.23 bits per heavy atom. The zero-order valence-corrected chi connectivity index (χ0v) is 13.8. The molecule has 2 aliphatic rings. The third-order valence-corrected chi connectivity index (χ3v) is 4.52. The summed E-state index contributed by atoms with van der Waals surface area (Å²) in [5, 5.41) is 19.3. The average molecular weight is 309 g/mol. The predicted octanol–water partition coefficient (Wildman–Crippen LogP) is 1.74. The first kappa shape index (κ1) is 17.0. The van der Waals surface area contributed by atoms with Crippen LogP contribution >= 0.6 is 0 Å². The Morgan fingerprint density at radius 3 is 2.23 bits per heavy atom. The third kappa shape index (κ3) is 3.90. The lowest BCUT2D eigenvalue weighted by atomic mass is 9.85. The molecule has 0 atom stereocenters. The second-order valence-electron chi connectivity index (χ2n) is 7.33. The number of hydrogen-bond acceptors (Lipinski definition) is 5. The molecule has 0 bridgehead atoms. The molecule has 2 saturated heterocycles. The number of likely N-dealkylation sites (tertiary alicyclic amines) is 2. The van der Waals surface area contributed by atoms with E-state index in [-0.39, 0.29) is 12.2 Å². The molecule has 22 heavy (non-hydrogen) atoms. The van der Waals surface area contributed by atoms with Crippen LogP contribution in [0.4, 0.5) is 4.79 Å². The first-order valence-corrected chi connectivity index (χ1v) is 8.08. The van der Waals surface area contributed by atoms with Crippen LogP contribution in [0, 0.1) is 11.3 Å². The zero-order valence-electron chi connectivity index (χ0n) is 13.8. The number of carbonyl (C=O) groups excluding carboxylic acids is 1. The second kappa shape index (κ2) is 6.43. The summed E-state index contributed by atoms with van der Waals surface area (Å²) in [6.07, 6.45) is 2.18. The molecule has 0 radical (unpaired) electrons. The summed E-state index contributed by atoms with van der Waals surface area (Å²) in [5.41, 5.74) is -0.998. The van der Waals surface area contributed by atoms with Crippen LogP contribution in [0.25, 0.3) is 0 Å². The van der Waals surface area contributed by atoms with Gasteiger partial charge in [-0.15, -0.1) is 0 Å². The fourth-order valence-electron chi connectivity index (χ4n) is 3.18. The number of hydrogen-bond donors (Lipinski definition) is 1. The first-order valence-electron chi connectivity index (χ1n) is 8.08. The summed E-state index contributed by atoms with van der Waals surface area (Å²) in [6, 6.07) is 2.48. The number of carbonyl (C=O) groups is 1. The molecule has 0 spiro atoms. The van der Waals surface area contributed by atoms with E-state index in [0.29, 0.717) is 25.9 Å². The largest absolute Gasteiger partial charge is 0.444 e. The average Bonchev–Trinajstić information content (AvgIpc) is 2.46. The molecule has 2 rings (SSSR count). The van der Waals surface area contributed by atoms with Gasteiger partial charge in [0.05, 0.1) is 12.2 Å². The normalized spacial score (nSPS) is 23.9. The monoisotopic (exact) mass is 309 g/mol. The summed E-state index contributed by atoms with van der Waals surface area (Å²) in [6.45, 7) is 8.15. The van der Waals surface area contributed by atoms with Crippen LogP contribution in [0.2, 0.25) is 0 Å². The maximum Gasteiger partial charge on any atom is 0.410 e. The van der Waals surface area contributed by atoms with Crippen LogP contribution in [0.15, 0.2) is 0 Å². The summed E-state index contributed by atoms with van der Waals surface area (Å²) >= 11 is 0. The molecule has 2 heterocycles. The third-order valence-electron chi connectivity index (χ3n) is 4.52. The van der Waals surface area contributed by atoms with E-state index in [0.717, 1.165) is 25.9 Å². The van der Waals surface area contributed by atoms with E-state index in [4.69, 9.17) is 4.74 Å². The molecule has 2 fully saturated rings. The Labute approximate surface area is 132 Å². The number of nitriles is 1. The Kier molecular flexibility index (Phi) is 4.98. The number of piperidine rings is 2. The van der Waals surface area contributed by atoms with Gasteiger partial charge in [0.25, 0.3) is 0 Å². The highest BCUT2D eigenvalue weighted by atomic mass is 16.6. The summed E-state index contributed by atoms with van der Waals surface area (Å²) in [5.74, 6) is 0. The van der Waals surface area contributed by atoms with Gasteiger partial charge in [-0.25, -0.2) is 4.79 Å². The number of rotatable bonds is 1. The van der Waals surface area contributed by atoms with Crippen LogP contribution in [0.3, 0.4) is 0 Å². The van der Waals surface area contributed by atoms with Crippen LogP contribution in [-0.2, 0) is 4.74 Å². The minimum atomic E-state index is -0.501. The van der Waals surface area contributed by atoms with Gasteiger partial charge in [-0.3, -0.25) is 4.90 Å². The van der Waals surface area contributed by atoms with Crippen LogP contribution in [0.5, 0.6) is 0 Å². The molecular formula is C16H27N3O3. The van der Waals surface area contributed by atoms with Gasteiger partial charge in [0, 0.05) is 26.2 Å². The van der Waals surface area contributed by atoms with Crippen molar-refractivity contribution in [3.63, 3.8) is 0 Å². The van der Waals surface area contributed by atoms with Crippen molar-refractivity contribution < 1.29 is 14.6 Å². The Bertz CT molecular complexity index is 437. The molecule has 6 nitrogen and oxygen atoms in total. The van der Waals surface area contributed by atoms with E-state index in [1.54, 1.807) is 4.90 Å². The molecule has 0 aromatic carbocycles. The van der Waals surface area contributed by atoms with Gasteiger partial charge < -0.3 is 14.7 Å². The molecule has 1 N–H and O–H groups in total. The summed E-state index contributed by atoms with van der Waals surface area (Å²) in [7, 11) is 0. The van der Waals surface area contributed by atoms with Crippen LogP contribution in [0.1, 0.15) is 46.5 Å². The van der Waals surface area contributed by atoms with E-state index in [1.807, 2.05) is 20.8 Å². The Balaban J connectivity index is 1.94. The lowest BCUT2D eigenvalue weighted by Gasteiger charge is -2.46. The highest BCUT2D eigenvalue weighted by molar-refractivity contribution is 5.68. The Hall–Kier alpha value is -1.32. The standard InChI is InChI=1S/C16H27N3O3/c1-15(2,3)22-14(21)18-10-6-16(12-17,7-11-18)19-8-4-13(20)5-9-19/h13,20H,4-11H2,1-3H3. The molecule has 0 aromatic rings. The summed E-state index contributed by atoms with van der Waals surface area (Å²) in [4.78, 5) is 16.0. The van der Waals surface area contributed by atoms with Crippen LogP contribution in [-0.4, -0.2) is 64.4 Å². The van der Waals surface area contributed by atoms with Crippen molar-refractivity contribution in [3.05, 3.63) is 0 Å². The van der Waals surface area contributed by atoms with Gasteiger partial charge in [0.15, 0.2) is 0 Å². The molecular weight excluding hydrogens is 282 g/mol. The van der Waals surface area contributed by atoms with Crippen molar-refractivity contribution >= 4 is 6.09 Å². The van der Waals surface area contributed by atoms with E-state index >= 15 is 0 Å². The SMILES string of the molecule is CC(C)(C)OC(=O)N1CCC(C#N)(N2CCC(O)CC2)CC1. The maximum absolute atomic E-state index is 12.1. The smallest absolute Gasteiger partial charge is 0.410 e. The van der Waals surface area contributed by atoms with Crippen molar-refractivity contribution in [2.75, 3.05) is 26.2 Å². The van der Waals surface area contributed by atoms with Crippen molar-refractivity contribution in [2.45, 2.75) is 63.7 Å². The highest BCUT2D eigenvalue weighted by Gasteiger charge is 2.42. The molecule has 2 aliphatic heterocycles. The number of ether oxygens (including phenoxy) is 1. The highest BCUT2D eigenvalue weighted by Crippen LogP contribution is 2.31. The zero-order chi connectivity index (χ0) is 16.4. The van der Waals surface area contributed by atoms with Crippen molar-refractivity contribution in [1.82, 2.24) is 9.80 Å². The number of amides is 1. The van der Waals surface area contributed by atoms with E-state index in [1.165, 1.54) is 0 Å². The van der Waals surface area contributed by atoms with Crippen molar-refractivity contribution in [3.8, 4) is 6.07 Å². The molecule has 0 unspecified atom stereocenters. The fraction of sp³-hybridized carbons (Fsp3) is 0.875. The second-order valence-corrected chi connectivity index (χ2v) is 7.33. The van der Waals surface area contributed by atoms with E-state index in [9.17, 15) is 15.2 Å². The Morgan fingerprint density at radius 2 is 1.77 bits per heavy atom. The van der Waals surface area contributed by atoms with Gasteiger partial charge in [0.1, 0.15) is 11.1 Å². The molecule has 124 valence electrons. The van der Waals surface area contributed by atoms with Gasteiger partial charge in [0.2, 0.25) is 0 Å². The maximum atomic E-state index is 12.1. The lowest BCUT2D eigenvalue weighted by Crippen LogP contribution is -2.58. The molecule has 6 heteroatoms. The van der Waals surface area contributed by atoms with Gasteiger partial charge in [-0.1, -0.05) is 0 Å². The molecule has 0 saturated carbocycles.